The van der Waals surface area contributed by atoms with Gasteiger partial charge in [0.1, 0.15) is 5.75 Å². The highest BCUT2D eigenvalue weighted by Crippen LogP contribution is 2.17. The standard InChI is InChI=1S/C20H30N2O2S/c1-15(2)12-13-24-18-11-7-8-16(14-18)19(23)22-20(25)21-17-9-5-3-4-6-10-17/h7-8,11,14-15,17H,3-6,9-10,12-13H2,1-2H3,(H2,21,22,23,25). The van der Waals surface area contributed by atoms with Crippen LogP contribution < -0.4 is 15.4 Å². The van der Waals surface area contributed by atoms with Gasteiger partial charge in [-0.3, -0.25) is 10.1 Å². The van der Waals surface area contributed by atoms with Crippen LogP contribution in [0, 0.1) is 5.92 Å². The number of carbonyl (C=O) groups is 1. The lowest BCUT2D eigenvalue weighted by Gasteiger charge is -2.18. The van der Waals surface area contributed by atoms with Crippen molar-refractivity contribution in [2.75, 3.05) is 6.61 Å². The van der Waals surface area contributed by atoms with Crippen molar-refractivity contribution < 1.29 is 9.53 Å². The molecule has 1 aliphatic carbocycles. The number of hydrogen-bond acceptors (Lipinski definition) is 3. The summed E-state index contributed by atoms with van der Waals surface area (Å²) in [6, 6.07) is 7.63. The van der Waals surface area contributed by atoms with Gasteiger partial charge in [-0.25, -0.2) is 0 Å². The summed E-state index contributed by atoms with van der Waals surface area (Å²) >= 11 is 5.31. The smallest absolute Gasteiger partial charge is 0.257 e. The summed E-state index contributed by atoms with van der Waals surface area (Å²) in [5, 5.41) is 6.50. The van der Waals surface area contributed by atoms with Gasteiger partial charge in [-0.2, -0.15) is 0 Å². The number of thiocarbonyl (C=S) groups is 1. The largest absolute Gasteiger partial charge is 0.494 e. The Morgan fingerprint density at radius 2 is 1.96 bits per heavy atom. The first-order chi connectivity index (χ1) is 12.0. The molecule has 1 aliphatic rings. The molecular weight excluding hydrogens is 332 g/mol. The summed E-state index contributed by atoms with van der Waals surface area (Å²) in [6.07, 6.45) is 8.27. The van der Waals surface area contributed by atoms with Crippen LogP contribution in [0.4, 0.5) is 0 Å². The van der Waals surface area contributed by atoms with Gasteiger partial charge in [0.15, 0.2) is 5.11 Å². The number of nitrogens with one attached hydrogen (secondary N) is 2. The normalized spacial score (nSPS) is 15.5. The third-order valence-corrected chi connectivity index (χ3v) is 4.70. The third kappa shape index (κ3) is 7.43. The highest BCUT2D eigenvalue weighted by atomic mass is 32.1. The molecule has 0 radical (unpaired) electrons. The minimum atomic E-state index is -0.194. The van der Waals surface area contributed by atoms with Crippen LogP contribution in [0.5, 0.6) is 5.75 Å². The van der Waals surface area contributed by atoms with E-state index in [4.69, 9.17) is 17.0 Å². The molecule has 138 valence electrons. The molecule has 4 nitrogen and oxygen atoms in total. The van der Waals surface area contributed by atoms with Gasteiger partial charge in [-0.15, -0.1) is 0 Å². The first kappa shape index (κ1) is 19.7. The first-order valence-corrected chi connectivity index (χ1v) is 9.80. The van der Waals surface area contributed by atoms with E-state index in [9.17, 15) is 4.79 Å². The zero-order valence-corrected chi connectivity index (χ0v) is 16.2. The molecule has 0 aliphatic heterocycles. The lowest BCUT2D eigenvalue weighted by atomic mass is 10.1. The molecule has 0 aromatic heterocycles. The van der Waals surface area contributed by atoms with Crippen LogP contribution in [-0.4, -0.2) is 23.7 Å². The van der Waals surface area contributed by atoms with E-state index in [0.717, 1.165) is 25.0 Å². The maximum Gasteiger partial charge on any atom is 0.257 e. The second kappa shape index (κ2) is 10.4. The van der Waals surface area contributed by atoms with Crippen LogP contribution in [0.2, 0.25) is 0 Å². The van der Waals surface area contributed by atoms with Gasteiger partial charge in [0.25, 0.3) is 5.91 Å². The van der Waals surface area contributed by atoms with Gasteiger partial charge in [0.2, 0.25) is 0 Å². The van der Waals surface area contributed by atoms with E-state index >= 15 is 0 Å². The Morgan fingerprint density at radius 3 is 2.64 bits per heavy atom. The lowest BCUT2D eigenvalue weighted by Crippen LogP contribution is -2.44. The van der Waals surface area contributed by atoms with E-state index in [0.29, 0.717) is 29.2 Å². The number of rotatable bonds is 6. The zero-order chi connectivity index (χ0) is 18.1. The highest BCUT2D eigenvalue weighted by Gasteiger charge is 2.15. The Hall–Kier alpha value is -1.62. The van der Waals surface area contributed by atoms with Crippen molar-refractivity contribution in [1.82, 2.24) is 10.6 Å². The second-order valence-corrected chi connectivity index (χ2v) is 7.58. The molecule has 0 heterocycles. The monoisotopic (exact) mass is 362 g/mol. The minimum absolute atomic E-state index is 0.194. The fourth-order valence-corrected chi connectivity index (χ4v) is 3.22. The van der Waals surface area contributed by atoms with E-state index in [1.54, 1.807) is 12.1 Å². The second-order valence-electron chi connectivity index (χ2n) is 7.17. The number of benzene rings is 1. The van der Waals surface area contributed by atoms with Crippen LogP contribution in [0.1, 0.15) is 69.2 Å². The fourth-order valence-electron chi connectivity index (χ4n) is 2.96. The Balaban J connectivity index is 1.83. The molecule has 0 saturated heterocycles. The van der Waals surface area contributed by atoms with Gasteiger partial charge in [-0.05, 0) is 55.6 Å². The summed E-state index contributed by atoms with van der Waals surface area (Å²) in [5.74, 6) is 1.12. The average molecular weight is 363 g/mol. The van der Waals surface area contributed by atoms with Crippen LogP contribution in [0.15, 0.2) is 24.3 Å². The molecule has 2 N–H and O–H groups in total. The van der Waals surface area contributed by atoms with Crippen molar-refractivity contribution in [1.29, 1.82) is 0 Å². The van der Waals surface area contributed by atoms with Gasteiger partial charge in [0, 0.05) is 11.6 Å². The van der Waals surface area contributed by atoms with E-state index < -0.39 is 0 Å². The molecule has 2 rings (SSSR count). The van der Waals surface area contributed by atoms with Gasteiger partial charge in [-0.1, -0.05) is 45.6 Å². The predicted octanol–water partition coefficient (Wildman–Crippen LogP) is 4.44. The Labute approximate surface area is 156 Å². The highest BCUT2D eigenvalue weighted by molar-refractivity contribution is 7.80. The number of amides is 1. The van der Waals surface area contributed by atoms with Gasteiger partial charge in [0.05, 0.1) is 6.61 Å². The van der Waals surface area contributed by atoms with Crippen molar-refractivity contribution in [2.45, 2.75) is 64.8 Å². The first-order valence-electron chi connectivity index (χ1n) is 9.39. The number of hydrogen-bond donors (Lipinski definition) is 2. The average Bonchev–Trinajstić information content (AvgIpc) is 2.83. The van der Waals surface area contributed by atoms with Crippen molar-refractivity contribution >= 4 is 23.2 Å². The van der Waals surface area contributed by atoms with E-state index in [-0.39, 0.29) is 5.91 Å². The summed E-state index contributed by atoms with van der Waals surface area (Å²) in [6.45, 7) is 4.98. The fraction of sp³-hybridized carbons (Fsp3) is 0.600. The molecule has 1 amide bonds. The molecule has 0 bridgehead atoms. The number of carbonyl (C=O) groups excluding carboxylic acids is 1. The van der Waals surface area contributed by atoms with Crippen LogP contribution in [0.25, 0.3) is 0 Å². The zero-order valence-electron chi connectivity index (χ0n) is 15.3. The SMILES string of the molecule is CC(C)CCOc1cccc(C(=O)NC(=S)NC2CCCCCC2)c1. The molecular formula is C20H30N2O2S. The Morgan fingerprint density at radius 1 is 1.24 bits per heavy atom. The quantitative estimate of drug-likeness (QED) is 0.580. The molecule has 25 heavy (non-hydrogen) atoms. The maximum atomic E-state index is 12.4. The summed E-state index contributed by atoms with van der Waals surface area (Å²) < 4.78 is 5.72. The Bertz CT molecular complexity index is 567. The molecule has 1 saturated carbocycles. The predicted molar refractivity (Wildman–Crippen MR) is 106 cm³/mol. The Kier molecular flexibility index (Phi) is 8.19. The molecule has 5 heteroatoms. The van der Waals surface area contributed by atoms with Crippen molar-refractivity contribution in [2.24, 2.45) is 5.92 Å². The molecule has 0 atom stereocenters. The molecule has 1 aromatic carbocycles. The van der Waals surface area contributed by atoms with Crippen molar-refractivity contribution in [3.63, 3.8) is 0 Å². The minimum Gasteiger partial charge on any atom is -0.494 e. The third-order valence-electron chi connectivity index (χ3n) is 4.48. The number of ether oxygens (including phenoxy) is 1. The summed E-state index contributed by atoms with van der Waals surface area (Å²) in [4.78, 5) is 12.4. The summed E-state index contributed by atoms with van der Waals surface area (Å²) in [7, 11) is 0. The van der Waals surface area contributed by atoms with Gasteiger partial charge < -0.3 is 10.1 Å². The maximum absolute atomic E-state index is 12.4. The van der Waals surface area contributed by atoms with Crippen LogP contribution in [-0.2, 0) is 0 Å². The topological polar surface area (TPSA) is 50.4 Å². The molecule has 1 aromatic rings. The van der Waals surface area contributed by atoms with Crippen molar-refractivity contribution in [3.05, 3.63) is 29.8 Å². The van der Waals surface area contributed by atoms with Gasteiger partial charge >= 0.3 is 0 Å². The molecule has 0 unspecified atom stereocenters. The van der Waals surface area contributed by atoms with E-state index in [1.807, 2.05) is 12.1 Å². The molecule has 1 fully saturated rings. The van der Waals surface area contributed by atoms with E-state index in [1.165, 1.54) is 25.7 Å². The summed E-state index contributed by atoms with van der Waals surface area (Å²) in [5.41, 5.74) is 0.562. The van der Waals surface area contributed by atoms with Crippen LogP contribution in [0.3, 0.4) is 0 Å². The lowest BCUT2D eigenvalue weighted by molar-refractivity contribution is 0.0976. The van der Waals surface area contributed by atoms with Crippen LogP contribution >= 0.6 is 12.2 Å². The molecule has 0 spiro atoms. The van der Waals surface area contributed by atoms with Crippen molar-refractivity contribution in [3.8, 4) is 5.75 Å². The van der Waals surface area contributed by atoms with E-state index in [2.05, 4.69) is 24.5 Å².